The van der Waals surface area contributed by atoms with Crippen molar-refractivity contribution in [3.8, 4) is 5.75 Å². The highest BCUT2D eigenvalue weighted by Gasteiger charge is 2.16. The predicted octanol–water partition coefficient (Wildman–Crippen LogP) is 1.98. The van der Waals surface area contributed by atoms with Crippen LogP contribution in [0.3, 0.4) is 0 Å². The summed E-state index contributed by atoms with van der Waals surface area (Å²) in [5, 5.41) is 0.558. The van der Waals surface area contributed by atoms with Crippen LogP contribution in [0.2, 0.25) is 0 Å². The summed E-state index contributed by atoms with van der Waals surface area (Å²) in [6.07, 6.45) is 0. The Morgan fingerprint density at radius 2 is 2.17 bits per heavy atom. The molecule has 0 aliphatic heterocycles. The third kappa shape index (κ3) is 2.07. The molecule has 0 amide bonds. The van der Waals surface area contributed by atoms with Crippen LogP contribution in [-0.2, 0) is 4.74 Å². The maximum absolute atomic E-state index is 11.6. The minimum absolute atomic E-state index is 0.131. The molecule has 2 rings (SSSR count). The summed E-state index contributed by atoms with van der Waals surface area (Å²) in [4.78, 5) is 23.2. The molecule has 0 spiro atoms. The second-order valence-electron chi connectivity index (χ2n) is 3.54. The van der Waals surface area contributed by atoms with Gasteiger partial charge in [-0.05, 0) is 25.1 Å². The lowest BCUT2D eigenvalue weighted by atomic mass is 10.1. The Morgan fingerprint density at radius 1 is 1.39 bits per heavy atom. The molecule has 5 nitrogen and oxygen atoms in total. The minimum atomic E-state index is -0.714. The Balaban J connectivity index is 2.66. The van der Waals surface area contributed by atoms with Gasteiger partial charge in [-0.15, -0.1) is 0 Å². The number of hydrogen-bond donors (Lipinski definition) is 0. The van der Waals surface area contributed by atoms with Gasteiger partial charge in [-0.25, -0.2) is 9.59 Å². The maximum atomic E-state index is 11.6. The van der Waals surface area contributed by atoms with Gasteiger partial charge in [-0.3, -0.25) is 0 Å². The number of methoxy groups -OCH3 is 1. The van der Waals surface area contributed by atoms with Crippen LogP contribution in [0, 0.1) is 0 Å². The van der Waals surface area contributed by atoms with Gasteiger partial charge in [-0.2, -0.15) is 0 Å². The van der Waals surface area contributed by atoms with Gasteiger partial charge < -0.3 is 13.9 Å². The molecule has 1 aromatic heterocycles. The molecular weight excluding hydrogens is 236 g/mol. The standard InChI is InChI=1S/C13H12O5/c1-3-17-12(14)9-7-8-10(16-2)5-4-6-11(8)18-13(9)15/h4-7H,3H2,1-2H3. The Kier molecular flexibility index (Phi) is 3.32. The number of rotatable bonds is 3. The molecule has 0 saturated heterocycles. The molecule has 0 fully saturated rings. The molecule has 0 bridgehead atoms. The first-order valence-electron chi connectivity index (χ1n) is 5.45. The number of fused-ring (bicyclic) bond motifs is 1. The number of carbonyl (C=O) groups is 1. The van der Waals surface area contributed by atoms with E-state index in [1.54, 1.807) is 25.1 Å². The molecule has 94 valence electrons. The van der Waals surface area contributed by atoms with Crippen LogP contribution >= 0.6 is 0 Å². The van der Waals surface area contributed by atoms with E-state index in [-0.39, 0.29) is 12.2 Å². The van der Waals surface area contributed by atoms with E-state index >= 15 is 0 Å². The van der Waals surface area contributed by atoms with Crippen molar-refractivity contribution in [1.29, 1.82) is 0 Å². The van der Waals surface area contributed by atoms with E-state index < -0.39 is 11.6 Å². The molecule has 1 heterocycles. The van der Waals surface area contributed by atoms with Gasteiger partial charge in [0.2, 0.25) is 0 Å². The molecule has 0 unspecified atom stereocenters. The van der Waals surface area contributed by atoms with Crippen LogP contribution in [-0.4, -0.2) is 19.7 Å². The van der Waals surface area contributed by atoms with Crippen molar-refractivity contribution in [3.05, 3.63) is 40.2 Å². The molecule has 5 heteroatoms. The summed E-state index contributed by atoms with van der Waals surface area (Å²) in [5.74, 6) is -0.166. The van der Waals surface area contributed by atoms with Gasteiger partial charge in [0.15, 0.2) is 0 Å². The van der Waals surface area contributed by atoms with Gasteiger partial charge >= 0.3 is 11.6 Å². The third-order valence-corrected chi connectivity index (χ3v) is 2.45. The molecule has 18 heavy (non-hydrogen) atoms. The van der Waals surface area contributed by atoms with Gasteiger partial charge in [0.05, 0.1) is 19.1 Å². The molecule has 0 N–H and O–H groups in total. The Hall–Kier alpha value is -2.30. The first kappa shape index (κ1) is 12.2. The lowest BCUT2D eigenvalue weighted by molar-refractivity contribution is 0.0522. The smallest absolute Gasteiger partial charge is 0.351 e. The fraction of sp³-hybridized carbons (Fsp3) is 0.231. The Morgan fingerprint density at radius 3 is 2.83 bits per heavy atom. The van der Waals surface area contributed by atoms with Gasteiger partial charge in [0, 0.05) is 0 Å². The summed E-state index contributed by atoms with van der Waals surface area (Å²) < 4.78 is 15.0. The fourth-order valence-electron chi connectivity index (χ4n) is 1.64. The Bertz CT molecular complexity index is 641. The van der Waals surface area contributed by atoms with Crippen molar-refractivity contribution < 1.29 is 18.7 Å². The van der Waals surface area contributed by atoms with Crippen molar-refractivity contribution in [3.63, 3.8) is 0 Å². The molecule has 0 saturated carbocycles. The minimum Gasteiger partial charge on any atom is -0.496 e. The number of ether oxygens (including phenoxy) is 2. The van der Waals surface area contributed by atoms with Gasteiger partial charge in [0.25, 0.3) is 0 Å². The average molecular weight is 248 g/mol. The molecule has 2 aromatic rings. The maximum Gasteiger partial charge on any atom is 0.351 e. The first-order chi connectivity index (χ1) is 8.67. The highest BCUT2D eigenvalue weighted by Crippen LogP contribution is 2.24. The quantitative estimate of drug-likeness (QED) is 0.613. The summed E-state index contributed by atoms with van der Waals surface area (Å²) in [6, 6.07) is 6.48. The Labute approximate surface area is 103 Å². The fourth-order valence-corrected chi connectivity index (χ4v) is 1.64. The largest absolute Gasteiger partial charge is 0.496 e. The van der Waals surface area contributed by atoms with E-state index in [1.165, 1.54) is 13.2 Å². The number of benzene rings is 1. The van der Waals surface area contributed by atoms with Crippen LogP contribution in [0.25, 0.3) is 11.0 Å². The normalized spacial score (nSPS) is 10.3. The van der Waals surface area contributed by atoms with Crippen LogP contribution in [0.1, 0.15) is 17.3 Å². The number of esters is 1. The van der Waals surface area contributed by atoms with E-state index in [2.05, 4.69) is 0 Å². The predicted molar refractivity (Wildman–Crippen MR) is 65.0 cm³/mol. The lowest BCUT2D eigenvalue weighted by Gasteiger charge is -2.05. The van der Waals surface area contributed by atoms with E-state index in [4.69, 9.17) is 13.9 Å². The van der Waals surface area contributed by atoms with Crippen LogP contribution in [0.4, 0.5) is 0 Å². The van der Waals surface area contributed by atoms with Crippen molar-refractivity contribution in [2.45, 2.75) is 6.92 Å². The monoisotopic (exact) mass is 248 g/mol. The van der Waals surface area contributed by atoms with Crippen molar-refractivity contribution in [1.82, 2.24) is 0 Å². The summed E-state index contributed by atoms with van der Waals surface area (Å²) >= 11 is 0. The van der Waals surface area contributed by atoms with Gasteiger partial charge in [0.1, 0.15) is 16.9 Å². The van der Waals surface area contributed by atoms with E-state index in [0.717, 1.165) is 0 Å². The lowest BCUT2D eigenvalue weighted by Crippen LogP contribution is -2.16. The highest BCUT2D eigenvalue weighted by molar-refractivity contribution is 5.94. The number of hydrogen-bond acceptors (Lipinski definition) is 5. The molecule has 0 radical (unpaired) electrons. The van der Waals surface area contributed by atoms with E-state index in [0.29, 0.717) is 16.7 Å². The highest BCUT2D eigenvalue weighted by atomic mass is 16.5. The third-order valence-electron chi connectivity index (χ3n) is 2.45. The zero-order chi connectivity index (χ0) is 13.1. The van der Waals surface area contributed by atoms with Crippen LogP contribution in [0.15, 0.2) is 33.5 Å². The SMILES string of the molecule is CCOC(=O)c1cc2c(OC)cccc2oc1=O. The molecule has 1 aromatic carbocycles. The molecule has 0 atom stereocenters. The van der Waals surface area contributed by atoms with Crippen molar-refractivity contribution in [2.24, 2.45) is 0 Å². The summed E-state index contributed by atoms with van der Waals surface area (Å²) in [6.45, 7) is 1.86. The van der Waals surface area contributed by atoms with Gasteiger partial charge in [-0.1, -0.05) is 6.07 Å². The second kappa shape index (κ2) is 4.91. The summed E-state index contributed by atoms with van der Waals surface area (Å²) in [7, 11) is 1.50. The van der Waals surface area contributed by atoms with Crippen LogP contribution in [0.5, 0.6) is 5.75 Å². The topological polar surface area (TPSA) is 65.7 Å². The van der Waals surface area contributed by atoms with Crippen molar-refractivity contribution >= 4 is 16.9 Å². The van der Waals surface area contributed by atoms with Crippen LogP contribution < -0.4 is 10.4 Å². The molecule has 0 aliphatic carbocycles. The summed E-state index contributed by atoms with van der Waals surface area (Å²) in [5.41, 5.74) is -0.476. The second-order valence-corrected chi connectivity index (χ2v) is 3.54. The number of carbonyl (C=O) groups excluding carboxylic acids is 1. The zero-order valence-electron chi connectivity index (χ0n) is 10.1. The van der Waals surface area contributed by atoms with E-state index in [9.17, 15) is 9.59 Å². The van der Waals surface area contributed by atoms with E-state index in [1.807, 2.05) is 0 Å². The molecule has 0 aliphatic rings. The zero-order valence-corrected chi connectivity index (χ0v) is 10.1. The van der Waals surface area contributed by atoms with Crippen molar-refractivity contribution in [2.75, 3.05) is 13.7 Å². The first-order valence-corrected chi connectivity index (χ1v) is 5.45. The molecular formula is C13H12O5. The average Bonchev–Trinajstić information content (AvgIpc) is 2.37.